The Labute approximate surface area is 339 Å². The standard InChI is InChI=1S/C53H35N3.2CH4/c1-3-16-36(17-4-1)47-33-40(34-48(54-47)37-18-5-2-6-19-37)38-20-15-21-39(32-38)46-35-41(55-49-26-11-7-22-42(49)43-23-8-12-27-50(43)55)30-31-53(46)56-51-28-13-9-24-44(51)45-25-10-14-29-52(45)56;;/h1-35H;2*1H4. The molecule has 278 valence electrons. The molecule has 0 saturated heterocycles. The third-order valence-corrected chi connectivity index (χ3v) is 11.1. The van der Waals surface area contributed by atoms with Gasteiger partial charge >= 0.3 is 0 Å². The summed E-state index contributed by atoms with van der Waals surface area (Å²) in [6.07, 6.45) is 0. The molecule has 0 aliphatic rings. The van der Waals surface area contributed by atoms with Gasteiger partial charge in [0.2, 0.25) is 0 Å². The van der Waals surface area contributed by atoms with Crippen LogP contribution in [0.1, 0.15) is 14.9 Å². The normalized spacial score (nSPS) is 11.2. The summed E-state index contributed by atoms with van der Waals surface area (Å²) in [6.45, 7) is 0. The topological polar surface area (TPSA) is 22.8 Å². The van der Waals surface area contributed by atoms with Gasteiger partial charge < -0.3 is 9.13 Å². The second kappa shape index (κ2) is 14.9. The fourth-order valence-corrected chi connectivity index (χ4v) is 8.55. The second-order valence-corrected chi connectivity index (χ2v) is 14.4. The summed E-state index contributed by atoms with van der Waals surface area (Å²) in [4.78, 5) is 5.17. The van der Waals surface area contributed by atoms with Gasteiger partial charge in [-0.05, 0) is 77.4 Å². The van der Waals surface area contributed by atoms with E-state index >= 15 is 0 Å². The van der Waals surface area contributed by atoms with E-state index in [0.29, 0.717) is 0 Å². The summed E-state index contributed by atoms with van der Waals surface area (Å²) in [5.41, 5.74) is 15.6. The van der Waals surface area contributed by atoms with Crippen LogP contribution in [-0.4, -0.2) is 14.1 Å². The Morgan fingerprint density at radius 1 is 0.293 bits per heavy atom. The van der Waals surface area contributed by atoms with Crippen LogP contribution >= 0.6 is 0 Å². The van der Waals surface area contributed by atoms with E-state index < -0.39 is 0 Å². The van der Waals surface area contributed by atoms with E-state index in [1.165, 1.54) is 43.6 Å². The zero-order chi connectivity index (χ0) is 37.0. The van der Waals surface area contributed by atoms with Gasteiger partial charge in [-0.3, -0.25) is 0 Å². The maximum atomic E-state index is 5.17. The molecular formula is C55H43N3. The number of fused-ring (bicyclic) bond motifs is 6. The van der Waals surface area contributed by atoms with Gasteiger partial charge in [0.1, 0.15) is 0 Å². The maximum absolute atomic E-state index is 5.17. The van der Waals surface area contributed by atoms with Crippen molar-refractivity contribution in [2.24, 2.45) is 0 Å². The van der Waals surface area contributed by atoms with Gasteiger partial charge in [0.15, 0.2) is 0 Å². The molecule has 0 amide bonds. The molecule has 0 bridgehead atoms. The van der Waals surface area contributed by atoms with Crippen LogP contribution < -0.4 is 0 Å². The van der Waals surface area contributed by atoms with Gasteiger partial charge in [-0.25, -0.2) is 4.98 Å². The number of pyridine rings is 1. The molecule has 0 unspecified atom stereocenters. The van der Waals surface area contributed by atoms with Crippen molar-refractivity contribution < 1.29 is 0 Å². The SMILES string of the molecule is C.C.c1ccc(-c2cc(-c3cccc(-c4cc(-n5c6ccccc6c6ccccc65)ccc4-n4c5ccccc5c5ccccc54)c3)cc(-c3ccccc3)n2)cc1. The number of rotatable bonds is 6. The van der Waals surface area contributed by atoms with Crippen molar-refractivity contribution in [3.05, 3.63) is 212 Å². The molecule has 3 heteroatoms. The highest BCUT2D eigenvalue weighted by Gasteiger charge is 2.19. The van der Waals surface area contributed by atoms with Gasteiger partial charge in [-0.15, -0.1) is 0 Å². The molecule has 3 aromatic heterocycles. The minimum Gasteiger partial charge on any atom is -0.309 e. The minimum atomic E-state index is 0. The van der Waals surface area contributed by atoms with Crippen molar-refractivity contribution in [3.63, 3.8) is 0 Å². The number of nitrogens with zero attached hydrogens (tertiary/aromatic N) is 3. The lowest BCUT2D eigenvalue weighted by atomic mass is 9.95. The van der Waals surface area contributed by atoms with Crippen LogP contribution in [0.5, 0.6) is 0 Å². The Morgan fingerprint density at radius 2 is 0.707 bits per heavy atom. The van der Waals surface area contributed by atoms with Crippen LogP contribution in [-0.2, 0) is 0 Å². The second-order valence-electron chi connectivity index (χ2n) is 14.4. The molecule has 0 N–H and O–H groups in total. The van der Waals surface area contributed by atoms with Gasteiger partial charge in [-0.1, -0.05) is 167 Å². The van der Waals surface area contributed by atoms with Crippen molar-refractivity contribution in [1.82, 2.24) is 14.1 Å². The molecule has 8 aromatic carbocycles. The first-order valence-corrected chi connectivity index (χ1v) is 19.1. The largest absolute Gasteiger partial charge is 0.309 e. The third kappa shape index (κ3) is 5.96. The van der Waals surface area contributed by atoms with Crippen molar-refractivity contribution in [1.29, 1.82) is 0 Å². The molecule has 11 aromatic rings. The molecule has 0 fully saturated rings. The molecule has 0 radical (unpaired) electrons. The summed E-state index contributed by atoms with van der Waals surface area (Å²) < 4.78 is 4.85. The molecule has 0 aliphatic heterocycles. The predicted molar refractivity (Wildman–Crippen MR) is 248 cm³/mol. The van der Waals surface area contributed by atoms with Crippen LogP contribution in [0.25, 0.3) is 99.8 Å². The highest BCUT2D eigenvalue weighted by molar-refractivity contribution is 6.11. The number of aromatic nitrogens is 3. The van der Waals surface area contributed by atoms with E-state index in [1.807, 2.05) is 0 Å². The Morgan fingerprint density at radius 3 is 1.21 bits per heavy atom. The van der Waals surface area contributed by atoms with Crippen LogP contribution in [0.3, 0.4) is 0 Å². The molecule has 0 aliphatic carbocycles. The monoisotopic (exact) mass is 745 g/mol. The third-order valence-electron chi connectivity index (χ3n) is 11.1. The zero-order valence-corrected chi connectivity index (χ0v) is 30.5. The minimum absolute atomic E-state index is 0. The number of benzene rings is 8. The van der Waals surface area contributed by atoms with Crippen molar-refractivity contribution in [2.45, 2.75) is 14.9 Å². The Hall–Kier alpha value is -7.49. The van der Waals surface area contributed by atoms with Crippen molar-refractivity contribution in [2.75, 3.05) is 0 Å². The Balaban J connectivity index is 0.00000218. The molecule has 0 atom stereocenters. The van der Waals surface area contributed by atoms with Crippen molar-refractivity contribution in [3.8, 4) is 56.1 Å². The lowest BCUT2D eigenvalue weighted by molar-refractivity contribution is 1.15. The Kier molecular flexibility index (Phi) is 9.27. The average Bonchev–Trinajstić information content (AvgIpc) is 3.80. The first-order chi connectivity index (χ1) is 27.8. The van der Waals surface area contributed by atoms with Gasteiger partial charge in [0.05, 0.1) is 39.1 Å². The van der Waals surface area contributed by atoms with Crippen LogP contribution in [0.2, 0.25) is 0 Å². The maximum Gasteiger partial charge on any atom is 0.0715 e. The first-order valence-electron chi connectivity index (χ1n) is 19.1. The quantitative estimate of drug-likeness (QED) is 0.166. The summed E-state index contributed by atoms with van der Waals surface area (Å²) in [5.74, 6) is 0. The highest BCUT2D eigenvalue weighted by Crippen LogP contribution is 2.40. The van der Waals surface area contributed by atoms with Crippen LogP contribution in [0.15, 0.2) is 212 Å². The fraction of sp³-hybridized carbons (Fsp3) is 0.0364. The summed E-state index contributed by atoms with van der Waals surface area (Å²) in [5, 5.41) is 4.99. The molecule has 0 saturated carbocycles. The fourth-order valence-electron chi connectivity index (χ4n) is 8.55. The molecule has 0 spiro atoms. The number of hydrogen-bond donors (Lipinski definition) is 0. The highest BCUT2D eigenvalue weighted by atomic mass is 15.0. The summed E-state index contributed by atoms with van der Waals surface area (Å²) in [7, 11) is 0. The van der Waals surface area contributed by atoms with Gasteiger partial charge in [-0.2, -0.15) is 0 Å². The molecule has 11 rings (SSSR count). The van der Waals surface area contributed by atoms with Crippen LogP contribution in [0, 0.1) is 0 Å². The lowest BCUT2D eigenvalue weighted by Crippen LogP contribution is -2.01. The van der Waals surface area contributed by atoms with Crippen LogP contribution in [0.4, 0.5) is 0 Å². The molecule has 58 heavy (non-hydrogen) atoms. The van der Waals surface area contributed by atoms with E-state index in [1.54, 1.807) is 0 Å². The summed E-state index contributed by atoms with van der Waals surface area (Å²) in [6, 6.07) is 76.4. The van der Waals surface area contributed by atoms with Gasteiger partial charge in [0.25, 0.3) is 0 Å². The predicted octanol–water partition coefficient (Wildman–Crippen LogP) is 15.2. The zero-order valence-electron chi connectivity index (χ0n) is 30.5. The molecule has 3 nitrogen and oxygen atoms in total. The van der Waals surface area contributed by atoms with Crippen molar-refractivity contribution >= 4 is 43.6 Å². The summed E-state index contributed by atoms with van der Waals surface area (Å²) >= 11 is 0. The van der Waals surface area contributed by atoms with E-state index in [9.17, 15) is 0 Å². The first kappa shape index (κ1) is 36.2. The average molecular weight is 746 g/mol. The van der Waals surface area contributed by atoms with Gasteiger partial charge in [0, 0.05) is 43.9 Å². The van der Waals surface area contributed by atoms with E-state index in [0.717, 1.165) is 56.1 Å². The number of hydrogen-bond acceptors (Lipinski definition) is 1. The Bertz CT molecular complexity index is 3080. The number of para-hydroxylation sites is 4. The van der Waals surface area contributed by atoms with E-state index in [4.69, 9.17) is 4.98 Å². The molecular weight excluding hydrogens is 703 g/mol. The van der Waals surface area contributed by atoms with E-state index in [2.05, 4.69) is 221 Å². The van der Waals surface area contributed by atoms with E-state index in [-0.39, 0.29) is 14.9 Å². The smallest absolute Gasteiger partial charge is 0.0715 e. The molecule has 3 heterocycles. The lowest BCUT2D eigenvalue weighted by Gasteiger charge is -2.18.